The molecule has 1 heterocycles. The molecule has 4 nitrogen and oxygen atoms in total. The summed E-state index contributed by atoms with van der Waals surface area (Å²) in [6.45, 7) is 3.55. The third kappa shape index (κ3) is 4.63. The zero-order valence-corrected chi connectivity index (χ0v) is 14.7. The second kappa shape index (κ2) is 7.90. The van der Waals surface area contributed by atoms with Gasteiger partial charge in [0.15, 0.2) is 10.9 Å². The molecular formula is C16H15F5N4S. The van der Waals surface area contributed by atoms with Gasteiger partial charge < -0.3 is 5.32 Å². The zero-order valence-electron chi connectivity index (χ0n) is 13.9. The van der Waals surface area contributed by atoms with Crippen LogP contribution in [0.4, 0.5) is 22.0 Å². The summed E-state index contributed by atoms with van der Waals surface area (Å²) in [5, 5.41) is 6.40. The fraction of sp³-hybridized carbons (Fsp3) is 0.250. The minimum atomic E-state index is -4.57. The Hall–Kier alpha value is -2.36. The molecule has 0 fully saturated rings. The van der Waals surface area contributed by atoms with Crippen LogP contribution in [0.5, 0.6) is 0 Å². The number of aryl methyl sites for hydroxylation is 1. The molecule has 2 rings (SSSR count). The lowest BCUT2D eigenvalue weighted by Crippen LogP contribution is -2.21. The average Bonchev–Trinajstić information content (AvgIpc) is 2.95. The van der Waals surface area contributed by atoms with Gasteiger partial charge in [0.2, 0.25) is 0 Å². The molecule has 1 aromatic carbocycles. The van der Waals surface area contributed by atoms with Crippen molar-refractivity contribution in [2.24, 2.45) is 12.0 Å². The first-order valence-corrected chi connectivity index (χ1v) is 8.07. The summed E-state index contributed by atoms with van der Waals surface area (Å²) in [4.78, 5) is 4.17. The number of amidine groups is 1. The van der Waals surface area contributed by atoms with Gasteiger partial charge >= 0.3 is 6.18 Å². The van der Waals surface area contributed by atoms with E-state index in [4.69, 9.17) is 0 Å². The van der Waals surface area contributed by atoms with Crippen molar-refractivity contribution in [2.75, 3.05) is 7.05 Å². The third-order valence-corrected chi connectivity index (χ3v) is 4.33. The Labute approximate surface area is 150 Å². The van der Waals surface area contributed by atoms with Gasteiger partial charge in [-0.05, 0) is 18.2 Å². The molecule has 1 N–H and O–H groups in total. The Balaban J connectivity index is 2.09. The van der Waals surface area contributed by atoms with Crippen LogP contribution in [-0.4, -0.2) is 22.0 Å². The monoisotopic (exact) mass is 390 g/mol. The molecule has 0 atom stereocenters. The van der Waals surface area contributed by atoms with E-state index in [-0.39, 0.29) is 27.9 Å². The topological polar surface area (TPSA) is 42.2 Å². The number of benzene rings is 1. The molecule has 0 radical (unpaired) electrons. The van der Waals surface area contributed by atoms with Crippen molar-refractivity contribution >= 4 is 21.8 Å². The van der Waals surface area contributed by atoms with Crippen LogP contribution in [0.3, 0.4) is 0 Å². The second-order valence-corrected chi connectivity index (χ2v) is 6.23. The summed E-state index contributed by atoms with van der Waals surface area (Å²) in [6, 6.07) is 4.38. The lowest BCUT2D eigenvalue weighted by molar-refractivity contribution is -0.141. The maximum Gasteiger partial charge on any atom is 0.435 e. The lowest BCUT2D eigenvalue weighted by Gasteiger charge is -2.11. The van der Waals surface area contributed by atoms with Crippen molar-refractivity contribution in [1.82, 2.24) is 15.1 Å². The molecule has 0 amide bonds. The van der Waals surface area contributed by atoms with Crippen molar-refractivity contribution in [1.29, 1.82) is 0 Å². The summed E-state index contributed by atoms with van der Waals surface area (Å²) in [5.74, 6) is -1.42. The van der Waals surface area contributed by atoms with E-state index in [1.807, 2.05) is 0 Å². The Morgan fingerprint density at radius 2 is 1.92 bits per heavy atom. The number of alkyl halides is 3. The highest BCUT2D eigenvalue weighted by Crippen LogP contribution is 2.32. The highest BCUT2D eigenvalue weighted by molar-refractivity contribution is 8.21. The predicted octanol–water partition coefficient (Wildman–Crippen LogP) is 4.20. The van der Waals surface area contributed by atoms with Crippen molar-refractivity contribution in [3.8, 4) is 0 Å². The molecule has 0 spiro atoms. The lowest BCUT2D eigenvalue weighted by atomic mass is 10.2. The molecule has 140 valence electrons. The highest BCUT2D eigenvalue weighted by atomic mass is 32.2. The van der Waals surface area contributed by atoms with Crippen LogP contribution in [0.2, 0.25) is 0 Å². The van der Waals surface area contributed by atoms with E-state index in [0.717, 1.165) is 34.6 Å². The maximum atomic E-state index is 13.6. The van der Waals surface area contributed by atoms with Crippen LogP contribution >= 0.6 is 11.8 Å². The SMILES string of the molecule is C=C(SC(=NC)NCc1c(F)cccc1F)c1cc(C(F)(F)F)nn1C. The number of hydrogen-bond acceptors (Lipinski definition) is 3. The Kier molecular flexibility index (Phi) is 6.06. The first-order chi connectivity index (χ1) is 12.1. The standard InChI is InChI=1S/C16H15F5N4S/c1-9(13-7-14(16(19,20)21)24-25(13)3)26-15(22-2)23-8-10-11(17)5-4-6-12(10)18/h4-7H,1,8H2,2-3H3,(H,22,23). The number of aromatic nitrogens is 2. The van der Waals surface area contributed by atoms with E-state index in [2.05, 4.69) is 22.0 Å². The molecule has 1 aromatic heterocycles. The Bertz CT molecular complexity index is 821. The molecule has 0 bridgehead atoms. The van der Waals surface area contributed by atoms with Crippen LogP contribution in [-0.2, 0) is 19.8 Å². The van der Waals surface area contributed by atoms with Crippen molar-refractivity contribution < 1.29 is 22.0 Å². The number of hydrogen-bond donors (Lipinski definition) is 1. The fourth-order valence-corrected chi connectivity index (χ4v) is 2.83. The number of rotatable bonds is 4. The van der Waals surface area contributed by atoms with Gasteiger partial charge in [0.05, 0.1) is 5.69 Å². The van der Waals surface area contributed by atoms with Crippen LogP contribution in [0.25, 0.3) is 4.91 Å². The largest absolute Gasteiger partial charge is 0.435 e. The van der Waals surface area contributed by atoms with E-state index in [9.17, 15) is 22.0 Å². The van der Waals surface area contributed by atoms with Crippen molar-refractivity contribution in [2.45, 2.75) is 12.7 Å². The molecule has 0 aliphatic carbocycles. The summed E-state index contributed by atoms with van der Waals surface area (Å²) in [5.41, 5.74) is -1.05. The number of aliphatic imine (C=N–C) groups is 1. The molecule has 0 aliphatic heterocycles. The first kappa shape index (κ1) is 20.0. The van der Waals surface area contributed by atoms with Crippen LogP contribution < -0.4 is 5.32 Å². The van der Waals surface area contributed by atoms with Gasteiger partial charge in [0.1, 0.15) is 11.6 Å². The molecule has 2 aromatic rings. The quantitative estimate of drug-likeness (QED) is 0.484. The maximum absolute atomic E-state index is 13.6. The van der Waals surface area contributed by atoms with E-state index in [1.54, 1.807) is 0 Å². The van der Waals surface area contributed by atoms with E-state index in [1.165, 1.54) is 20.2 Å². The Morgan fingerprint density at radius 3 is 2.42 bits per heavy atom. The van der Waals surface area contributed by atoms with Gasteiger partial charge in [0, 0.05) is 31.1 Å². The van der Waals surface area contributed by atoms with Crippen LogP contribution in [0.15, 0.2) is 35.8 Å². The minimum absolute atomic E-state index is 0.155. The second-order valence-electron chi connectivity index (χ2n) is 5.14. The molecule has 26 heavy (non-hydrogen) atoms. The normalized spacial score (nSPS) is 12.3. The van der Waals surface area contributed by atoms with E-state index < -0.39 is 23.5 Å². The molecular weight excluding hydrogens is 375 g/mol. The Morgan fingerprint density at radius 1 is 1.31 bits per heavy atom. The van der Waals surface area contributed by atoms with Crippen LogP contribution in [0.1, 0.15) is 17.0 Å². The average molecular weight is 390 g/mol. The number of halogens is 5. The fourth-order valence-electron chi connectivity index (χ4n) is 2.06. The van der Waals surface area contributed by atoms with E-state index in [0.29, 0.717) is 0 Å². The smallest absolute Gasteiger partial charge is 0.360 e. The number of nitrogens with zero attached hydrogens (tertiary/aromatic N) is 3. The number of thioether (sulfide) groups is 1. The molecule has 10 heteroatoms. The molecule has 0 unspecified atom stereocenters. The molecule has 0 aliphatic rings. The van der Waals surface area contributed by atoms with Gasteiger partial charge in [-0.3, -0.25) is 9.67 Å². The van der Waals surface area contributed by atoms with Crippen LogP contribution in [0, 0.1) is 11.6 Å². The highest BCUT2D eigenvalue weighted by Gasteiger charge is 2.34. The molecule has 0 saturated carbocycles. The van der Waals surface area contributed by atoms with Gasteiger partial charge in [-0.15, -0.1) is 0 Å². The summed E-state index contributed by atoms with van der Waals surface area (Å²) in [6.07, 6.45) is -4.57. The molecule has 0 saturated heterocycles. The summed E-state index contributed by atoms with van der Waals surface area (Å²) >= 11 is 0.938. The summed E-state index contributed by atoms with van der Waals surface area (Å²) < 4.78 is 66.5. The minimum Gasteiger partial charge on any atom is -0.360 e. The van der Waals surface area contributed by atoms with Gasteiger partial charge in [0.25, 0.3) is 0 Å². The number of nitrogens with one attached hydrogen (secondary N) is 1. The van der Waals surface area contributed by atoms with Gasteiger partial charge in [-0.2, -0.15) is 18.3 Å². The van der Waals surface area contributed by atoms with E-state index >= 15 is 0 Å². The van der Waals surface area contributed by atoms with Gasteiger partial charge in [-0.25, -0.2) is 8.78 Å². The van der Waals surface area contributed by atoms with Gasteiger partial charge in [-0.1, -0.05) is 24.4 Å². The summed E-state index contributed by atoms with van der Waals surface area (Å²) in [7, 11) is 2.80. The third-order valence-electron chi connectivity index (χ3n) is 3.36. The van der Waals surface area contributed by atoms with Crippen molar-refractivity contribution in [3.05, 3.63) is 59.4 Å². The van der Waals surface area contributed by atoms with Crippen molar-refractivity contribution in [3.63, 3.8) is 0 Å². The zero-order chi connectivity index (χ0) is 19.5. The first-order valence-electron chi connectivity index (χ1n) is 7.25. The predicted molar refractivity (Wildman–Crippen MR) is 91.4 cm³/mol.